The van der Waals surface area contributed by atoms with Crippen LogP contribution in [-0.2, 0) is 25.6 Å². The Bertz CT molecular complexity index is 627. The van der Waals surface area contributed by atoms with Crippen LogP contribution in [0.4, 0.5) is 0 Å². The summed E-state index contributed by atoms with van der Waals surface area (Å²) in [4.78, 5) is 0. The first-order valence-electron chi connectivity index (χ1n) is 6.57. The van der Waals surface area contributed by atoms with Crippen molar-refractivity contribution in [2.45, 2.75) is 30.8 Å². The number of nitrogens with zero attached hydrogens (tertiary/aromatic N) is 1. The van der Waals surface area contributed by atoms with Crippen LogP contribution in [0.1, 0.15) is 25.5 Å². The quantitative estimate of drug-likeness (QED) is 0.748. The van der Waals surface area contributed by atoms with Crippen LogP contribution in [0.25, 0.3) is 0 Å². The Morgan fingerprint density at radius 1 is 1.30 bits per heavy atom. The first kappa shape index (κ1) is 15.5. The number of hydrogen-bond acceptors (Lipinski definition) is 5. The molecule has 0 aliphatic carbocycles. The lowest BCUT2D eigenvalue weighted by Crippen LogP contribution is -2.57. The molecule has 6 nitrogen and oxygen atoms in total. The van der Waals surface area contributed by atoms with E-state index in [0.717, 1.165) is 6.42 Å². The minimum atomic E-state index is -3.36. The Kier molecular flexibility index (Phi) is 4.55. The molecule has 0 unspecified atom stereocenters. The Morgan fingerprint density at radius 2 is 2.00 bits per heavy atom. The van der Waals surface area contributed by atoms with Gasteiger partial charge in [-0.15, -0.1) is 0 Å². The number of rotatable bonds is 7. The van der Waals surface area contributed by atoms with Gasteiger partial charge in [-0.1, -0.05) is 13.3 Å². The Labute approximate surface area is 119 Å². The molecular weight excluding hydrogens is 302 g/mol. The van der Waals surface area contributed by atoms with Crippen LogP contribution in [0.5, 0.6) is 0 Å². The van der Waals surface area contributed by atoms with Crippen molar-refractivity contribution in [2.24, 2.45) is 0 Å². The van der Waals surface area contributed by atoms with Gasteiger partial charge in [-0.05, 0) is 18.6 Å². The molecule has 20 heavy (non-hydrogen) atoms. The van der Waals surface area contributed by atoms with Gasteiger partial charge >= 0.3 is 0 Å². The normalized spacial score (nSPS) is 18.1. The van der Waals surface area contributed by atoms with Gasteiger partial charge in [0, 0.05) is 13.1 Å². The molecule has 1 aliphatic heterocycles. The van der Waals surface area contributed by atoms with Crippen LogP contribution in [0.15, 0.2) is 22.8 Å². The molecular formula is C12H19NO5S2. The summed E-state index contributed by atoms with van der Waals surface area (Å²) in [6, 6.07) is 3.24. The van der Waals surface area contributed by atoms with Gasteiger partial charge in [0.25, 0.3) is 0 Å². The van der Waals surface area contributed by atoms with Crippen molar-refractivity contribution in [3.05, 3.63) is 24.2 Å². The van der Waals surface area contributed by atoms with Gasteiger partial charge < -0.3 is 4.42 Å². The highest BCUT2D eigenvalue weighted by Gasteiger charge is 2.42. The lowest BCUT2D eigenvalue weighted by Gasteiger charge is -2.37. The van der Waals surface area contributed by atoms with Crippen LogP contribution in [0, 0.1) is 0 Å². The molecule has 1 aromatic heterocycles. The highest BCUT2D eigenvalue weighted by Crippen LogP contribution is 2.23. The van der Waals surface area contributed by atoms with Gasteiger partial charge in [0.2, 0.25) is 10.0 Å². The van der Waals surface area contributed by atoms with E-state index in [1.165, 1.54) is 10.6 Å². The van der Waals surface area contributed by atoms with Crippen molar-refractivity contribution in [3.8, 4) is 0 Å². The Hall–Kier alpha value is -0.860. The summed E-state index contributed by atoms with van der Waals surface area (Å²) < 4.78 is 54.2. The Balaban J connectivity index is 1.92. The van der Waals surface area contributed by atoms with Gasteiger partial charge in [-0.3, -0.25) is 0 Å². The summed E-state index contributed by atoms with van der Waals surface area (Å²) in [6.45, 7) is 2.05. The lowest BCUT2D eigenvalue weighted by molar-refractivity contribution is 0.309. The van der Waals surface area contributed by atoms with E-state index in [-0.39, 0.29) is 24.6 Å². The number of hydrogen-bond donors (Lipinski definition) is 0. The van der Waals surface area contributed by atoms with Crippen LogP contribution >= 0.6 is 0 Å². The fourth-order valence-electron chi connectivity index (χ4n) is 2.02. The summed E-state index contributed by atoms with van der Waals surface area (Å²) in [7, 11) is -6.66. The van der Waals surface area contributed by atoms with Gasteiger partial charge in [-0.25, -0.2) is 16.8 Å². The molecule has 0 N–H and O–H groups in total. The first-order chi connectivity index (χ1) is 9.35. The molecule has 1 fully saturated rings. The average molecular weight is 321 g/mol. The third kappa shape index (κ3) is 3.42. The maximum Gasteiger partial charge on any atom is 0.214 e. The second-order valence-electron chi connectivity index (χ2n) is 5.00. The number of furan rings is 1. The molecule has 0 bridgehead atoms. The maximum absolute atomic E-state index is 12.1. The number of unbranched alkanes of at least 4 members (excludes halogenated alkanes) is 1. The van der Waals surface area contributed by atoms with Crippen molar-refractivity contribution >= 4 is 19.9 Å². The fraction of sp³-hybridized carbons (Fsp3) is 0.667. The van der Waals surface area contributed by atoms with E-state index in [1.54, 1.807) is 12.1 Å². The van der Waals surface area contributed by atoms with Crippen molar-refractivity contribution in [2.75, 3.05) is 18.8 Å². The zero-order valence-corrected chi connectivity index (χ0v) is 13.0. The number of sulfonamides is 1. The van der Waals surface area contributed by atoms with Crippen LogP contribution in [0.3, 0.4) is 0 Å². The second-order valence-corrected chi connectivity index (χ2v) is 9.36. The average Bonchev–Trinajstić information content (AvgIpc) is 2.75. The SMILES string of the molecule is CCCCS(=O)(=O)N1CC(S(=O)(=O)Cc2ccco2)C1. The van der Waals surface area contributed by atoms with E-state index in [2.05, 4.69) is 0 Å². The fourth-order valence-corrected chi connectivity index (χ4v) is 5.55. The zero-order chi connectivity index (χ0) is 14.8. The van der Waals surface area contributed by atoms with Gasteiger partial charge in [0.15, 0.2) is 9.84 Å². The van der Waals surface area contributed by atoms with Crippen LogP contribution in [-0.4, -0.2) is 45.2 Å². The molecule has 0 spiro atoms. The van der Waals surface area contributed by atoms with Crippen LogP contribution in [0.2, 0.25) is 0 Å². The molecule has 2 rings (SSSR count). The van der Waals surface area contributed by atoms with Crippen molar-refractivity contribution in [1.29, 1.82) is 0 Å². The van der Waals surface area contributed by atoms with Crippen LogP contribution < -0.4 is 0 Å². The third-order valence-corrected chi connectivity index (χ3v) is 7.29. The third-order valence-electron chi connectivity index (χ3n) is 3.40. The van der Waals surface area contributed by atoms with Crippen molar-refractivity contribution < 1.29 is 21.3 Å². The number of sulfone groups is 1. The van der Waals surface area contributed by atoms with E-state index in [1.807, 2.05) is 6.92 Å². The van der Waals surface area contributed by atoms with E-state index in [0.29, 0.717) is 12.2 Å². The molecule has 0 radical (unpaired) electrons. The van der Waals surface area contributed by atoms with E-state index in [4.69, 9.17) is 4.42 Å². The summed E-state index contributed by atoms with van der Waals surface area (Å²) in [5.74, 6) is 0.305. The molecule has 1 saturated heterocycles. The minimum Gasteiger partial charge on any atom is -0.468 e. The summed E-state index contributed by atoms with van der Waals surface area (Å²) >= 11 is 0. The van der Waals surface area contributed by atoms with E-state index < -0.39 is 25.1 Å². The summed E-state index contributed by atoms with van der Waals surface area (Å²) in [5.41, 5.74) is 0. The predicted molar refractivity (Wildman–Crippen MR) is 75.4 cm³/mol. The zero-order valence-electron chi connectivity index (χ0n) is 11.4. The predicted octanol–water partition coefficient (Wildman–Crippen LogP) is 1.01. The molecule has 8 heteroatoms. The molecule has 1 aromatic rings. The molecule has 0 aromatic carbocycles. The van der Waals surface area contributed by atoms with Gasteiger partial charge in [0.1, 0.15) is 11.5 Å². The lowest BCUT2D eigenvalue weighted by atomic mass is 10.3. The molecule has 114 valence electrons. The summed E-state index contributed by atoms with van der Waals surface area (Å²) in [6.07, 6.45) is 2.82. The van der Waals surface area contributed by atoms with Crippen molar-refractivity contribution in [1.82, 2.24) is 4.31 Å². The second kappa shape index (κ2) is 5.87. The molecule has 0 atom stereocenters. The monoisotopic (exact) mass is 321 g/mol. The van der Waals surface area contributed by atoms with E-state index in [9.17, 15) is 16.8 Å². The largest absolute Gasteiger partial charge is 0.468 e. The topological polar surface area (TPSA) is 84.7 Å². The smallest absolute Gasteiger partial charge is 0.214 e. The minimum absolute atomic E-state index is 0.0646. The first-order valence-corrected chi connectivity index (χ1v) is 9.89. The summed E-state index contributed by atoms with van der Waals surface area (Å²) in [5, 5.41) is -0.621. The Morgan fingerprint density at radius 3 is 2.55 bits per heavy atom. The highest BCUT2D eigenvalue weighted by molar-refractivity contribution is 7.92. The van der Waals surface area contributed by atoms with Gasteiger partial charge in [0.05, 0.1) is 17.3 Å². The van der Waals surface area contributed by atoms with Crippen molar-refractivity contribution in [3.63, 3.8) is 0 Å². The standard InChI is InChI=1S/C12H19NO5S2/c1-2-3-7-20(16,17)13-8-12(9-13)19(14,15)10-11-5-4-6-18-11/h4-6,12H,2-3,7-10H2,1H3. The van der Waals surface area contributed by atoms with E-state index >= 15 is 0 Å². The van der Waals surface area contributed by atoms with Gasteiger partial charge in [-0.2, -0.15) is 4.31 Å². The maximum atomic E-state index is 12.1. The molecule has 2 heterocycles. The molecule has 0 saturated carbocycles. The molecule has 1 aliphatic rings. The highest BCUT2D eigenvalue weighted by atomic mass is 32.2. The molecule has 0 amide bonds.